The Labute approximate surface area is 315 Å². The lowest BCUT2D eigenvalue weighted by Crippen LogP contribution is -2.61. The van der Waals surface area contributed by atoms with Gasteiger partial charge in [-0.3, -0.25) is 9.69 Å². The fraction of sp³-hybridized carbons (Fsp3) is 0.974. The van der Waals surface area contributed by atoms with Gasteiger partial charge in [-0.05, 0) is 73.8 Å². The minimum Gasteiger partial charge on any atom is -0.459 e. The van der Waals surface area contributed by atoms with Crippen molar-refractivity contribution in [2.24, 2.45) is 23.7 Å². The third-order valence-electron chi connectivity index (χ3n) is 12.4. The summed E-state index contributed by atoms with van der Waals surface area (Å²) in [7, 11) is 3.26. The highest BCUT2D eigenvalue weighted by Crippen LogP contribution is 2.41. The Kier molecular flexibility index (Phi) is 16.2. The van der Waals surface area contributed by atoms with Crippen LogP contribution in [0.15, 0.2) is 0 Å². The number of nitrogens with zero attached hydrogens (tertiary/aromatic N) is 1. The van der Waals surface area contributed by atoms with Crippen LogP contribution in [-0.4, -0.2) is 164 Å². The number of hydrogen-bond donors (Lipinski definition) is 7. The second-order valence-electron chi connectivity index (χ2n) is 16.9. The quantitative estimate of drug-likeness (QED) is 0.163. The van der Waals surface area contributed by atoms with Gasteiger partial charge in [0.2, 0.25) is 0 Å². The summed E-state index contributed by atoms with van der Waals surface area (Å²) in [6.45, 7) is 16.7. The molecule has 0 radical (unpaired) electrons. The third-order valence-corrected chi connectivity index (χ3v) is 12.4. The topological polar surface area (TPSA) is 217 Å². The minimum atomic E-state index is -1.95. The maximum absolute atomic E-state index is 14.1. The first-order valence-electron chi connectivity index (χ1n) is 19.3. The van der Waals surface area contributed by atoms with Gasteiger partial charge in [-0.1, -0.05) is 27.7 Å². The van der Waals surface area contributed by atoms with E-state index in [0.29, 0.717) is 13.0 Å². The normalized spacial score (nSPS) is 49.7. The lowest BCUT2D eigenvalue weighted by Gasteiger charge is -2.49. The number of carbonyl (C=O) groups excluding carboxylic acids is 1. The fourth-order valence-electron chi connectivity index (χ4n) is 8.84. The van der Waals surface area contributed by atoms with Crippen molar-refractivity contribution >= 4 is 5.97 Å². The number of likely N-dealkylation sites (N-methyl/N-ethyl adjacent to an activating group) is 1. The van der Waals surface area contributed by atoms with Crippen molar-refractivity contribution in [1.29, 1.82) is 0 Å². The second-order valence-corrected chi connectivity index (χ2v) is 16.9. The Balaban J connectivity index is 2.18. The monoisotopic (exact) mass is 765 g/mol. The molecule has 0 aliphatic carbocycles. The molecule has 3 aliphatic heterocycles. The molecule has 0 unspecified atom stereocenters. The van der Waals surface area contributed by atoms with Crippen LogP contribution in [0.5, 0.6) is 0 Å². The molecule has 0 amide bonds. The van der Waals surface area contributed by atoms with E-state index in [1.807, 2.05) is 11.8 Å². The summed E-state index contributed by atoms with van der Waals surface area (Å²) in [6.07, 6.45) is -11.1. The average Bonchev–Trinajstić information content (AvgIpc) is 3.09. The zero-order valence-electron chi connectivity index (χ0n) is 33.9. The van der Waals surface area contributed by atoms with Crippen molar-refractivity contribution < 1.29 is 69.0 Å². The van der Waals surface area contributed by atoms with Crippen LogP contribution in [0.25, 0.3) is 0 Å². The first-order chi connectivity index (χ1) is 24.5. The number of methoxy groups -OCH3 is 1. The average molecular weight is 766 g/mol. The molecule has 7 N–H and O–H groups in total. The third kappa shape index (κ3) is 10.3. The summed E-state index contributed by atoms with van der Waals surface area (Å²) < 4.78 is 37.2. The van der Waals surface area contributed by atoms with Gasteiger partial charge in [0.15, 0.2) is 12.6 Å². The molecule has 312 valence electrons. The van der Waals surface area contributed by atoms with Gasteiger partial charge in [0.1, 0.15) is 23.9 Å². The van der Waals surface area contributed by atoms with E-state index in [4.69, 9.17) is 28.4 Å². The molecule has 15 nitrogen and oxygen atoms in total. The summed E-state index contributed by atoms with van der Waals surface area (Å²) in [6, 6.07) is -0.451. The van der Waals surface area contributed by atoms with E-state index < -0.39 is 114 Å². The van der Waals surface area contributed by atoms with Crippen LogP contribution in [-0.2, 0) is 33.2 Å². The van der Waals surface area contributed by atoms with Crippen LogP contribution in [0.3, 0.4) is 0 Å². The molecule has 0 bridgehead atoms. The summed E-state index contributed by atoms with van der Waals surface area (Å²) >= 11 is 0. The number of esters is 1. The van der Waals surface area contributed by atoms with Crippen LogP contribution < -0.4 is 0 Å². The zero-order chi connectivity index (χ0) is 40.4. The molecule has 3 heterocycles. The SMILES string of the molecule is CC[C@H]1OC(=O)[C@H](C)[C@@H](O[C@@H]2C[C@@](C)(OC)[C@@H](O)[C@H](C)O2)[C@H](C)[C@@H](O[C@@H]2O[C@H](C)C[C@H](N(C)CCO)[C@H]2O)[C@](C)(O)C[C@@H](C)[C@H](O)[C@H](C)[C@@H](O)[C@]1(C)O. The van der Waals surface area contributed by atoms with E-state index in [9.17, 15) is 40.5 Å². The van der Waals surface area contributed by atoms with Gasteiger partial charge in [0.05, 0.1) is 60.4 Å². The number of rotatable bonds is 9. The van der Waals surface area contributed by atoms with Gasteiger partial charge in [0, 0.05) is 38.0 Å². The Morgan fingerprint density at radius 1 is 0.887 bits per heavy atom. The number of hydrogen-bond acceptors (Lipinski definition) is 15. The van der Waals surface area contributed by atoms with Gasteiger partial charge in [0.25, 0.3) is 0 Å². The van der Waals surface area contributed by atoms with E-state index >= 15 is 0 Å². The molecular weight excluding hydrogens is 694 g/mol. The minimum absolute atomic E-state index is 0.0672. The number of aliphatic hydroxyl groups excluding tert-OH is 5. The molecule has 0 aromatic carbocycles. The van der Waals surface area contributed by atoms with Crippen LogP contribution in [0, 0.1) is 23.7 Å². The molecule has 53 heavy (non-hydrogen) atoms. The van der Waals surface area contributed by atoms with Crippen LogP contribution in [0.4, 0.5) is 0 Å². The van der Waals surface area contributed by atoms with E-state index in [1.54, 1.807) is 62.4 Å². The summed E-state index contributed by atoms with van der Waals surface area (Å²) in [4.78, 5) is 16.0. The standard InChI is InChI=1S/C38H71NO14/c1-13-26-38(10,47)31(43)21(4)28(41)19(2)17-36(8,46)33(53-35-29(42)25(16-20(3)49-35)39(11)14-15-40)22(5)30(23(6)34(45)51-26)52-27-18-37(9,48-12)32(44)24(7)50-27/h19-33,35,40-44,46-47H,13-18H2,1-12H3/t19-,20-,21+,22+,23-,24+,25+,26-,27-,28+,29-,30+,31-,32+,33-,35+,36-,37-,38-/m1/s1. The molecule has 15 heteroatoms. The van der Waals surface area contributed by atoms with Crippen molar-refractivity contribution in [2.45, 2.75) is 185 Å². The van der Waals surface area contributed by atoms with Gasteiger partial charge in [-0.25, -0.2) is 0 Å². The molecule has 0 saturated carbocycles. The van der Waals surface area contributed by atoms with Crippen molar-refractivity contribution in [3.8, 4) is 0 Å². The first kappa shape index (κ1) is 46.3. The Hall–Kier alpha value is -1.05. The number of carbonyl (C=O) groups is 1. The molecular formula is C38H71NO14. The highest BCUT2D eigenvalue weighted by molar-refractivity contribution is 5.73. The van der Waals surface area contributed by atoms with Crippen molar-refractivity contribution in [3.63, 3.8) is 0 Å². The molecule has 0 spiro atoms. The van der Waals surface area contributed by atoms with E-state index in [-0.39, 0.29) is 32.0 Å². The number of ether oxygens (including phenoxy) is 6. The van der Waals surface area contributed by atoms with Crippen LogP contribution >= 0.6 is 0 Å². The predicted octanol–water partition coefficient (Wildman–Crippen LogP) is 0.940. The lowest BCUT2D eigenvalue weighted by molar-refractivity contribution is -0.319. The summed E-state index contributed by atoms with van der Waals surface area (Å²) in [5.74, 6) is -4.25. The maximum Gasteiger partial charge on any atom is 0.311 e. The van der Waals surface area contributed by atoms with E-state index in [1.165, 1.54) is 14.0 Å². The second kappa shape index (κ2) is 18.5. The Morgan fingerprint density at radius 3 is 2.08 bits per heavy atom. The molecule has 0 aromatic heterocycles. The van der Waals surface area contributed by atoms with Crippen molar-refractivity contribution in [1.82, 2.24) is 4.90 Å². The van der Waals surface area contributed by atoms with E-state index in [2.05, 4.69) is 0 Å². The van der Waals surface area contributed by atoms with Crippen molar-refractivity contribution in [2.75, 3.05) is 27.3 Å². The smallest absolute Gasteiger partial charge is 0.311 e. The number of cyclic esters (lactones) is 1. The molecule has 3 fully saturated rings. The molecule has 0 aromatic rings. The highest BCUT2D eigenvalue weighted by Gasteiger charge is 2.53. The predicted molar refractivity (Wildman–Crippen MR) is 193 cm³/mol. The van der Waals surface area contributed by atoms with Crippen LogP contribution in [0.2, 0.25) is 0 Å². The summed E-state index contributed by atoms with van der Waals surface area (Å²) in [5.41, 5.74) is -4.79. The van der Waals surface area contributed by atoms with Gasteiger partial charge in [-0.2, -0.15) is 0 Å². The molecule has 3 rings (SSSR count). The molecule has 3 aliphatic rings. The first-order valence-corrected chi connectivity index (χ1v) is 19.3. The van der Waals surface area contributed by atoms with Crippen molar-refractivity contribution in [3.05, 3.63) is 0 Å². The largest absolute Gasteiger partial charge is 0.459 e. The Morgan fingerprint density at radius 2 is 1.51 bits per heavy atom. The molecule has 3 saturated heterocycles. The maximum atomic E-state index is 14.1. The molecule has 19 atom stereocenters. The lowest BCUT2D eigenvalue weighted by atomic mass is 9.73. The fourth-order valence-corrected chi connectivity index (χ4v) is 8.84. The summed E-state index contributed by atoms with van der Waals surface area (Å²) in [5, 5.41) is 79.2. The zero-order valence-corrected chi connectivity index (χ0v) is 33.9. The Bertz CT molecular complexity index is 1160. The number of aliphatic hydroxyl groups is 7. The van der Waals surface area contributed by atoms with E-state index in [0.717, 1.165) is 0 Å². The van der Waals surface area contributed by atoms with Gasteiger partial charge < -0.3 is 64.2 Å². The van der Waals surface area contributed by atoms with Crippen LogP contribution in [0.1, 0.15) is 94.9 Å². The highest BCUT2D eigenvalue weighted by atomic mass is 16.7. The van der Waals surface area contributed by atoms with Gasteiger partial charge >= 0.3 is 5.97 Å². The van der Waals surface area contributed by atoms with Gasteiger partial charge in [-0.15, -0.1) is 0 Å².